The van der Waals surface area contributed by atoms with Crippen molar-refractivity contribution in [3.63, 3.8) is 0 Å². The molecule has 1 aromatic heterocycles. The van der Waals surface area contributed by atoms with Crippen LogP contribution >= 0.6 is 0 Å². The van der Waals surface area contributed by atoms with Crippen LogP contribution in [0.2, 0.25) is 0 Å². The number of nitrogens with zero attached hydrogens (tertiary/aromatic N) is 3. The van der Waals surface area contributed by atoms with Crippen molar-refractivity contribution < 1.29 is 4.79 Å². The highest BCUT2D eigenvalue weighted by molar-refractivity contribution is 5.84. The van der Waals surface area contributed by atoms with E-state index in [1.165, 1.54) is 0 Å². The first-order chi connectivity index (χ1) is 12.4. The Morgan fingerprint density at radius 3 is 2.65 bits per heavy atom. The van der Waals surface area contributed by atoms with Crippen LogP contribution in [0.5, 0.6) is 0 Å². The van der Waals surface area contributed by atoms with E-state index < -0.39 is 0 Å². The normalized spacial score (nSPS) is 12.0. The summed E-state index contributed by atoms with van der Waals surface area (Å²) in [5, 5.41) is 0. The lowest BCUT2D eigenvalue weighted by molar-refractivity contribution is -0.107. The summed E-state index contributed by atoms with van der Waals surface area (Å²) in [6.45, 7) is 4.02. The zero-order valence-electron chi connectivity index (χ0n) is 15.8. The Hall–Kier alpha value is -2.95. The molecule has 0 fully saturated rings. The molecule has 0 radical (unpaired) electrons. The minimum atomic E-state index is 0.231. The second-order valence-electron chi connectivity index (χ2n) is 6.58. The predicted molar refractivity (Wildman–Crippen MR) is 110 cm³/mol. The van der Waals surface area contributed by atoms with E-state index in [1.807, 2.05) is 57.1 Å². The molecule has 1 heterocycles. The number of aliphatic imine (C=N–C) groups is 1. The second-order valence-corrected chi connectivity index (χ2v) is 6.58. The Balaban J connectivity index is 2.38. The maximum atomic E-state index is 11.0. The minimum Gasteiger partial charge on any atom is -0.398 e. The molecule has 2 aromatic rings. The zero-order valence-corrected chi connectivity index (χ0v) is 15.8. The molecule has 0 aliphatic rings. The average Bonchev–Trinajstić information content (AvgIpc) is 2.61. The smallest absolute Gasteiger partial charge is 0.124 e. The molecule has 0 saturated carbocycles. The number of carbonyl (C=O) groups excluding carboxylic acids is 1. The molecule has 0 aliphatic carbocycles. The molecule has 0 aliphatic heterocycles. The van der Waals surface area contributed by atoms with E-state index in [-0.39, 0.29) is 6.04 Å². The van der Waals surface area contributed by atoms with Gasteiger partial charge in [0.05, 0.1) is 0 Å². The lowest BCUT2D eigenvalue weighted by atomic mass is 10.00. The van der Waals surface area contributed by atoms with Crippen LogP contribution in [-0.2, 0) is 11.2 Å². The number of hydrogen-bond acceptors (Lipinski definition) is 5. The fourth-order valence-electron chi connectivity index (χ4n) is 2.60. The molecule has 0 atom stereocenters. The Bertz CT molecular complexity index is 823. The summed E-state index contributed by atoms with van der Waals surface area (Å²) in [6, 6.07) is 8.32. The van der Waals surface area contributed by atoms with Gasteiger partial charge in [-0.2, -0.15) is 0 Å². The van der Waals surface area contributed by atoms with Crippen molar-refractivity contribution in [2.24, 2.45) is 10.7 Å². The van der Waals surface area contributed by atoms with Crippen LogP contribution in [0.1, 0.15) is 25.0 Å². The molecule has 0 spiro atoms. The molecule has 136 valence electrons. The van der Waals surface area contributed by atoms with Gasteiger partial charge in [-0.1, -0.05) is 6.07 Å². The first kappa shape index (κ1) is 19.4. The average molecular weight is 350 g/mol. The van der Waals surface area contributed by atoms with E-state index >= 15 is 0 Å². The fourth-order valence-corrected chi connectivity index (χ4v) is 2.60. The van der Waals surface area contributed by atoms with Gasteiger partial charge in [0.2, 0.25) is 0 Å². The molecule has 2 N–H and O–H groups in total. The molecule has 0 bridgehead atoms. The summed E-state index contributed by atoms with van der Waals surface area (Å²) in [7, 11) is 3.94. The van der Waals surface area contributed by atoms with Gasteiger partial charge in [0.1, 0.15) is 6.29 Å². The maximum Gasteiger partial charge on any atom is 0.124 e. The Kier molecular flexibility index (Phi) is 6.67. The van der Waals surface area contributed by atoms with Gasteiger partial charge in [0.25, 0.3) is 0 Å². The van der Waals surface area contributed by atoms with Crippen LogP contribution in [0, 0.1) is 0 Å². The Morgan fingerprint density at radius 2 is 2.00 bits per heavy atom. The third-order valence-corrected chi connectivity index (χ3v) is 3.91. The van der Waals surface area contributed by atoms with Gasteiger partial charge < -0.3 is 15.4 Å². The molecule has 5 heteroatoms. The molecule has 26 heavy (non-hydrogen) atoms. The molecule has 1 aromatic carbocycles. The maximum absolute atomic E-state index is 11.0. The highest BCUT2D eigenvalue weighted by Gasteiger charge is 2.08. The van der Waals surface area contributed by atoms with E-state index in [0.29, 0.717) is 12.1 Å². The van der Waals surface area contributed by atoms with E-state index in [2.05, 4.69) is 9.98 Å². The summed E-state index contributed by atoms with van der Waals surface area (Å²) in [4.78, 5) is 21.6. The van der Waals surface area contributed by atoms with Gasteiger partial charge >= 0.3 is 0 Å². The van der Waals surface area contributed by atoms with Gasteiger partial charge in [-0.15, -0.1) is 0 Å². The molecule has 0 saturated heterocycles. The van der Waals surface area contributed by atoms with Crippen molar-refractivity contribution in [2.45, 2.75) is 26.3 Å². The molecular formula is C21H26N4O. The van der Waals surface area contributed by atoms with E-state index in [1.54, 1.807) is 24.7 Å². The number of pyridine rings is 1. The molecular weight excluding hydrogens is 324 g/mol. The quantitative estimate of drug-likeness (QED) is 0.614. The van der Waals surface area contributed by atoms with Crippen molar-refractivity contribution in [3.8, 4) is 11.1 Å². The number of rotatable bonds is 7. The fraction of sp³-hybridized carbons (Fsp3) is 0.286. The highest BCUT2D eigenvalue weighted by atomic mass is 16.1. The SMILES string of the molecule is CC(C)N=CC=C(N)c1cncc(-c2ccc(N(C)C)c(CC=O)c2)c1. The molecule has 2 rings (SSSR count). The standard InChI is InChI=1S/C21H26N4O/c1-15(2)24-9-7-20(22)19-12-18(13-23-14-19)16-5-6-21(25(3)4)17(11-16)8-10-26/h5-7,9-15H,8,22H2,1-4H3. The Morgan fingerprint density at radius 1 is 1.23 bits per heavy atom. The summed E-state index contributed by atoms with van der Waals surface area (Å²) in [5.41, 5.74) is 11.6. The lowest BCUT2D eigenvalue weighted by Crippen LogP contribution is -2.11. The first-order valence-corrected chi connectivity index (χ1v) is 8.61. The number of nitrogens with two attached hydrogens (primary N) is 1. The summed E-state index contributed by atoms with van der Waals surface area (Å²) in [6.07, 6.45) is 8.35. The second kappa shape index (κ2) is 8.94. The van der Waals surface area contributed by atoms with Crippen molar-refractivity contribution in [2.75, 3.05) is 19.0 Å². The highest BCUT2D eigenvalue weighted by Crippen LogP contribution is 2.27. The third-order valence-electron chi connectivity index (χ3n) is 3.91. The summed E-state index contributed by atoms with van der Waals surface area (Å²) >= 11 is 0. The van der Waals surface area contributed by atoms with Crippen molar-refractivity contribution in [1.29, 1.82) is 0 Å². The van der Waals surface area contributed by atoms with Gasteiger partial charge in [-0.05, 0) is 49.2 Å². The summed E-state index contributed by atoms with van der Waals surface area (Å²) in [5.74, 6) is 0. The monoisotopic (exact) mass is 350 g/mol. The van der Waals surface area contributed by atoms with Crippen LogP contribution < -0.4 is 10.6 Å². The molecule has 0 amide bonds. The number of anilines is 1. The van der Waals surface area contributed by atoms with Crippen molar-refractivity contribution in [3.05, 3.63) is 53.9 Å². The Labute approximate surface area is 155 Å². The van der Waals surface area contributed by atoms with Crippen LogP contribution in [-0.4, -0.2) is 37.6 Å². The number of hydrogen-bond donors (Lipinski definition) is 1. The third kappa shape index (κ3) is 5.02. The van der Waals surface area contributed by atoms with Gasteiger partial charge in [-0.25, -0.2) is 0 Å². The number of aromatic nitrogens is 1. The van der Waals surface area contributed by atoms with Crippen molar-refractivity contribution in [1.82, 2.24) is 4.98 Å². The number of aldehydes is 1. The summed E-state index contributed by atoms with van der Waals surface area (Å²) < 4.78 is 0. The first-order valence-electron chi connectivity index (χ1n) is 8.61. The lowest BCUT2D eigenvalue weighted by Gasteiger charge is -2.17. The number of allylic oxidation sites excluding steroid dienone is 1. The van der Waals surface area contributed by atoms with Gasteiger partial charge in [-0.3, -0.25) is 9.98 Å². The molecule has 5 nitrogen and oxygen atoms in total. The van der Waals surface area contributed by atoms with E-state index in [4.69, 9.17) is 5.73 Å². The topological polar surface area (TPSA) is 71.6 Å². The van der Waals surface area contributed by atoms with E-state index in [0.717, 1.165) is 34.2 Å². The van der Waals surface area contributed by atoms with Crippen LogP contribution in [0.15, 0.2) is 47.7 Å². The van der Waals surface area contributed by atoms with Crippen LogP contribution in [0.3, 0.4) is 0 Å². The van der Waals surface area contributed by atoms with Crippen LogP contribution in [0.25, 0.3) is 16.8 Å². The van der Waals surface area contributed by atoms with Gasteiger partial charge in [0.15, 0.2) is 0 Å². The van der Waals surface area contributed by atoms with Gasteiger partial charge in [0, 0.05) is 67.7 Å². The van der Waals surface area contributed by atoms with Crippen molar-refractivity contribution >= 4 is 23.9 Å². The number of carbonyl (C=O) groups is 1. The zero-order chi connectivity index (χ0) is 19.1. The molecule has 0 unspecified atom stereocenters. The largest absolute Gasteiger partial charge is 0.398 e. The minimum absolute atomic E-state index is 0.231. The van der Waals surface area contributed by atoms with E-state index in [9.17, 15) is 4.79 Å². The van der Waals surface area contributed by atoms with Crippen LogP contribution in [0.4, 0.5) is 5.69 Å². The number of benzene rings is 1. The predicted octanol–water partition coefficient (Wildman–Crippen LogP) is 3.33.